The first kappa shape index (κ1) is 14.9. The molecule has 5 heteroatoms. The van der Waals surface area contributed by atoms with Crippen molar-refractivity contribution in [3.63, 3.8) is 0 Å². The van der Waals surface area contributed by atoms with Gasteiger partial charge in [0.1, 0.15) is 0 Å². The lowest BCUT2D eigenvalue weighted by atomic mass is 10.1. The Hall–Kier alpha value is -1.10. The van der Waals surface area contributed by atoms with Crippen LogP contribution in [0.25, 0.3) is 0 Å². The minimum Gasteiger partial charge on any atom is -0.481 e. The van der Waals surface area contributed by atoms with Crippen molar-refractivity contribution < 1.29 is 19.8 Å². The molecule has 0 fully saturated rings. The summed E-state index contributed by atoms with van der Waals surface area (Å²) in [6.45, 7) is 5.22. The van der Waals surface area contributed by atoms with E-state index in [1.807, 2.05) is 0 Å². The second-order valence-corrected chi connectivity index (χ2v) is 4.37. The van der Waals surface area contributed by atoms with E-state index in [0.717, 1.165) is 19.4 Å². The third-order valence-electron chi connectivity index (χ3n) is 2.30. The van der Waals surface area contributed by atoms with Gasteiger partial charge in [0.2, 0.25) is 0 Å². The van der Waals surface area contributed by atoms with E-state index in [0.29, 0.717) is 5.92 Å². The Balaban J connectivity index is 3.69. The molecule has 0 saturated carbocycles. The number of aliphatic carboxylic acids is 2. The Labute approximate surface area is 95.9 Å². The zero-order chi connectivity index (χ0) is 12.6. The molecule has 0 aromatic carbocycles. The fourth-order valence-corrected chi connectivity index (χ4v) is 1.37. The summed E-state index contributed by atoms with van der Waals surface area (Å²) in [6.07, 6.45) is 1.74. The normalized spacial score (nSPS) is 12.7. The minimum absolute atomic E-state index is 0.222. The van der Waals surface area contributed by atoms with Crippen LogP contribution in [0.1, 0.15) is 33.1 Å². The zero-order valence-electron chi connectivity index (χ0n) is 9.90. The largest absolute Gasteiger partial charge is 0.481 e. The predicted molar refractivity (Wildman–Crippen MR) is 60.3 cm³/mol. The molecule has 1 atom stereocenters. The highest BCUT2D eigenvalue weighted by Crippen LogP contribution is 2.04. The minimum atomic E-state index is -1.07. The van der Waals surface area contributed by atoms with Crippen LogP contribution in [0.15, 0.2) is 0 Å². The molecule has 0 aliphatic heterocycles. The highest BCUT2D eigenvalue weighted by molar-refractivity contribution is 5.77. The van der Waals surface area contributed by atoms with Crippen LogP contribution < -0.4 is 5.32 Å². The molecule has 0 amide bonds. The van der Waals surface area contributed by atoms with Crippen LogP contribution >= 0.6 is 0 Å². The SMILES string of the molecule is CC(C)CCCNCC(CC(=O)O)C(=O)O. The van der Waals surface area contributed by atoms with Crippen molar-refractivity contribution in [1.29, 1.82) is 0 Å². The molecule has 0 bridgehead atoms. The second kappa shape index (κ2) is 8.10. The van der Waals surface area contributed by atoms with Crippen LogP contribution in [-0.4, -0.2) is 35.2 Å². The lowest BCUT2D eigenvalue weighted by Gasteiger charge is -2.11. The summed E-state index contributed by atoms with van der Waals surface area (Å²) in [5, 5.41) is 20.3. The van der Waals surface area contributed by atoms with E-state index in [1.54, 1.807) is 0 Å². The van der Waals surface area contributed by atoms with Gasteiger partial charge in [-0.05, 0) is 25.3 Å². The number of rotatable bonds is 9. The van der Waals surface area contributed by atoms with E-state index in [4.69, 9.17) is 10.2 Å². The number of nitrogens with one attached hydrogen (secondary N) is 1. The van der Waals surface area contributed by atoms with E-state index in [9.17, 15) is 9.59 Å². The van der Waals surface area contributed by atoms with Crippen LogP contribution in [-0.2, 0) is 9.59 Å². The Morgan fingerprint density at radius 2 is 1.88 bits per heavy atom. The van der Waals surface area contributed by atoms with Crippen molar-refractivity contribution in [3.05, 3.63) is 0 Å². The van der Waals surface area contributed by atoms with Crippen molar-refractivity contribution in [2.75, 3.05) is 13.1 Å². The maximum atomic E-state index is 10.7. The topological polar surface area (TPSA) is 86.6 Å². The summed E-state index contributed by atoms with van der Waals surface area (Å²) in [5.41, 5.74) is 0. The van der Waals surface area contributed by atoms with Gasteiger partial charge in [0.15, 0.2) is 0 Å². The molecule has 0 heterocycles. The number of hydrogen-bond acceptors (Lipinski definition) is 3. The van der Waals surface area contributed by atoms with Gasteiger partial charge in [-0.25, -0.2) is 0 Å². The summed E-state index contributed by atoms with van der Waals surface area (Å²) in [4.78, 5) is 21.1. The van der Waals surface area contributed by atoms with Crippen LogP contribution in [0.4, 0.5) is 0 Å². The molecule has 5 nitrogen and oxygen atoms in total. The number of hydrogen-bond donors (Lipinski definition) is 3. The smallest absolute Gasteiger partial charge is 0.308 e. The molecule has 3 N–H and O–H groups in total. The van der Waals surface area contributed by atoms with Gasteiger partial charge in [-0.3, -0.25) is 9.59 Å². The van der Waals surface area contributed by atoms with Crippen LogP contribution in [0.2, 0.25) is 0 Å². The molecule has 16 heavy (non-hydrogen) atoms. The Bertz CT molecular complexity index is 228. The average Bonchev–Trinajstić information content (AvgIpc) is 2.14. The Kier molecular flexibility index (Phi) is 7.54. The van der Waals surface area contributed by atoms with Crippen LogP contribution in [0.3, 0.4) is 0 Å². The molecule has 0 saturated heterocycles. The summed E-state index contributed by atoms with van der Waals surface area (Å²) in [7, 11) is 0. The predicted octanol–water partition coefficient (Wildman–Crippen LogP) is 1.19. The second-order valence-electron chi connectivity index (χ2n) is 4.37. The summed E-state index contributed by atoms with van der Waals surface area (Å²) in [5.74, 6) is -2.33. The van der Waals surface area contributed by atoms with E-state index in [2.05, 4.69) is 19.2 Å². The molecule has 94 valence electrons. The molecule has 0 rings (SSSR count). The van der Waals surface area contributed by atoms with Crippen LogP contribution in [0, 0.1) is 11.8 Å². The quantitative estimate of drug-likeness (QED) is 0.519. The van der Waals surface area contributed by atoms with Crippen molar-refractivity contribution in [2.24, 2.45) is 11.8 Å². The lowest BCUT2D eigenvalue weighted by molar-refractivity contribution is -0.148. The first-order valence-electron chi connectivity index (χ1n) is 5.58. The van der Waals surface area contributed by atoms with E-state index >= 15 is 0 Å². The maximum Gasteiger partial charge on any atom is 0.308 e. The number of carbonyl (C=O) groups is 2. The average molecular weight is 231 g/mol. The van der Waals surface area contributed by atoms with Gasteiger partial charge in [-0.15, -0.1) is 0 Å². The van der Waals surface area contributed by atoms with Gasteiger partial charge in [-0.2, -0.15) is 0 Å². The van der Waals surface area contributed by atoms with Crippen molar-refractivity contribution in [1.82, 2.24) is 5.32 Å². The van der Waals surface area contributed by atoms with E-state index in [-0.39, 0.29) is 13.0 Å². The highest BCUT2D eigenvalue weighted by Gasteiger charge is 2.20. The van der Waals surface area contributed by atoms with Gasteiger partial charge >= 0.3 is 11.9 Å². The molecule has 0 aromatic rings. The van der Waals surface area contributed by atoms with E-state index < -0.39 is 17.9 Å². The molecule has 0 aliphatic rings. The van der Waals surface area contributed by atoms with Crippen molar-refractivity contribution in [2.45, 2.75) is 33.1 Å². The van der Waals surface area contributed by atoms with Gasteiger partial charge in [0, 0.05) is 6.54 Å². The van der Waals surface area contributed by atoms with Gasteiger partial charge in [0.25, 0.3) is 0 Å². The molecule has 0 aromatic heterocycles. The highest BCUT2D eigenvalue weighted by atomic mass is 16.4. The van der Waals surface area contributed by atoms with Crippen LogP contribution in [0.5, 0.6) is 0 Å². The fourth-order valence-electron chi connectivity index (χ4n) is 1.37. The monoisotopic (exact) mass is 231 g/mol. The first-order valence-corrected chi connectivity index (χ1v) is 5.58. The molecular weight excluding hydrogens is 210 g/mol. The van der Waals surface area contributed by atoms with Gasteiger partial charge in [0.05, 0.1) is 12.3 Å². The molecule has 0 aliphatic carbocycles. The summed E-state index contributed by atoms with van der Waals surface area (Å²) >= 11 is 0. The van der Waals surface area contributed by atoms with Gasteiger partial charge < -0.3 is 15.5 Å². The van der Waals surface area contributed by atoms with Crippen molar-refractivity contribution in [3.8, 4) is 0 Å². The third kappa shape index (κ3) is 8.23. The molecule has 0 radical (unpaired) electrons. The molecule has 0 spiro atoms. The Morgan fingerprint density at radius 1 is 1.25 bits per heavy atom. The number of carboxylic acid groups (broad SMARTS) is 2. The Morgan fingerprint density at radius 3 is 2.31 bits per heavy atom. The lowest BCUT2D eigenvalue weighted by Crippen LogP contribution is -2.31. The molecule has 1 unspecified atom stereocenters. The third-order valence-corrected chi connectivity index (χ3v) is 2.30. The fraction of sp³-hybridized carbons (Fsp3) is 0.818. The number of carboxylic acids is 2. The van der Waals surface area contributed by atoms with Gasteiger partial charge in [-0.1, -0.05) is 13.8 Å². The summed E-state index contributed by atoms with van der Waals surface area (Å²) in [6, 6.07) is 0. The maximum absolute atomic E-state index is 10.7. The zero-order valence-corrected chi connectivity index (χ0v) is 9.90. The standard InChI is InChI=1S/C11H21NO4/c1-8(2)4-3-5-12-7-9(11(15)16)6-10(13)14/h8-9,12H,3-7H2,1-2H3,(H,13,14)(H,15,16). The van der Waals surface area contributed by atoms with Crippen molar-refractivity contribution >= 4 is 11.9 Å². The van der Waals surface area contributed by atoms with E-state index in [1.165, 1.54) is 0 Å². The first-order chi connectivity index (χ1) is 7.43. The molecular formula is C11H21NO4. The summed E-state index contributed by atoms with van der Waals surface area (Å²) < 4.78 is 0.